The maximum atomic E-state index is 12.3. The molecule has 50 heavy (non-hydrogen) atoms. The van der Waals surface area contributed by atoms with E-state index < -0.39 is 0 Å². The van der Waals surface area contributed by atoms with E-state index in [4.69, 9.17) is 9.47 Å². The van der Waals surface area contributed by atoms with Crippen molar-refractivity contribution in [3.63, 3.8) is 0 Å². The first-order chi connectivity index (χ1) is 24.0. The maximum Gasteiger partial charge on any atom is 0.305 e. The molecular weight excluding hydrogens is 618 g/mol. The van der Waals surface area contributed by atoms with E-state index in [9.17, 15) is 9.59 Å². The molecule has 296 valence electrons. The molecule has 0 aromatic heterocycles. The molecule has 1 aliphatic heterocycles. The number of carbonyl (C=O) groups is 2. The third kappa shape index (κ3) is 25.8. The average molecular weight is 706 g/mol. The molecule has 1 heterocycles. The molecule has 0 radical (unpaired) electrons. The van der Waals surface area contributed by atoms with E-state index in [0.717, 1.165) is 44.6 Å². The fraction of sp³-hybridized carbons (Fsp3) is 0.956. The van der Waals surface area contributed by atoms with Crippen LogP contribution in [0.3, 0.4) is 0 Å². The Morgan fingerprint density at radius 1 is 0.460 bits per heavy atom. The van der Waals surface area contributed by atoms with Gasteiger partial charge in [-0.15, -0.1) is 0 Å². The summed E-state index contributed by atoms with van der Waals surface area (Å²) in [6.45, 7) is 21.9. The van der Waals surface area contributed by atoms with Gasteiger partial charge in [-0.2, -0.15) is 0 Å². The van der Waals surface area contributed by atoms with Crippen LogP contribution in [0.25, 0.3) is 0 Å². The lowest BCUT2D eigenvalue weighted by molar-refractivity contribution is -0.146. The van der Waals surface area contributed by atoms with E-state index in [1.807, 2.05) is 0 Å². The molecule has 0 spiro atoms. The second-order valence-electron chi connectivity index (χ2n) is 17.7. The first-order valence-corrected chi connectivity index (χ1v) is 22.0. The van der Waals surface area contributed by atoms with Crippen LogP contribution in [0.1, 0.15) is 209 Å². The van der Waals surface area contributed by atoms with Crippen LogP contribution in [0.4, 0.5) is 0 Å². The zero-order chi connectivity index (χ0) is 37.0. The number of ether oxygens (including phenoxy) is 2. The quantitative estimate of drug-likeness (QED) is 0.0502. The van der Waals surface area contributed by atoms with Crippen LogP contribution < -0.4 is 0 Å². The summed E-state index contributed by atoms with van der Waals surface area (Å²) in [4.78, 5) is 27.3. The lowest BCUT2D eigenvalue weighted by Gasteiger charge is -2.27. The Bertz CT molecular complexity index is 745. The molecule has 5 nitrogen and oxygen atoms in total. The van der Waals surface area contributed by atoms with Crippen LogP contribution in [0.5, 0.6) is 0 Å². The summed E-state index contributed by atoms with van der Waals surface area (Å²) in [5.41, 5.74) is 0. The van der Waals surface area contributed by atoms with Crippen LogP contribution in [-0.2, 0) is 19.1 Å². The third-order valence-corrected chi connectivity index (χ3v) is 11.5. The molecule has 0 bridgehead atoms. The Kier molecular flexibility index (Phi) is 28.5. The molecule has 1 rings (SSSR count). The van der Waals surface area contributed by atoms with Gasteiger partial charge in [0.2, 0.25) is 0 Å². The Morgan fingerprint density at radius 3 is 1.14 bits per heavy atom. The largest absolute Gasteiger partial charge is 0.465 e. The highest BCUT2D eigenvalue weighted by Crippen LogP contribution is 2.24. The van der Waals surface area contributed by atoms with Gasteiger partial charge in [-0.25, -0.2) is 0 Å². The van der Waals surface area contributed by atoms with Crippen molar-refractivity contribution >= 4 is 11.9 Å². The minimum Gasteiger partial charge on any atom is -0.465 e. The van der Waals surface area contributed by atoms with E-state index in [2.05, 4.69) is 60.3 Å². The molecule has 1 aliphatic rings. The predicted molar refractivity (Wildman–Crippen MR) is 214 cm³/mol. The number of unbranched alkanes of at least 4 members (excludes halogenated alkanes) is 12. The average Bonchev–Trinajstić information content (AvgIpc) is 3.60. The van der Waals surface area contributed by atoms with Crippen molar-refractivity contribution < 1.29 is 19.1 Å². The molecule has 2 unspecified atom stereocenters. The van der Waals surface area contributed by atoms with Gasteiger partial charge in [-0.05, 0) is 100.0 Å². The normalized spacial score (nSPS) is 15.8. The zero-order valence-electron chi connectivity index (χ0n) is 34.9. The fourth-order valence-electron chi connectivity index (χ4n) is 7.54. The van der Waals surface area contributed by atoms with Gasteiger partial charge in [0.1, 0.15) is 0 Å². The van der Waals surface area contributed by atoms with Crippen LogP contribution in [0.15, 0.2) is 0 Å². The number of carbonyl (C=O) groups excluding carboxylic acids is 2. The summed E-state index contributed by atoms with van der Waals surface area (Å²) in [7, 11) is 0. The summed E-state index contributed by atoms with van der Waals surface area (Å²) in [6.07, 6.45) is 28.8. The van der Waals surface area contributed by atoms with Crippen molar-refractivity contribution in [3.8, 4) is 0 Å². The van der Waals surface area contributed by atoms with Gasteiger partial charge in [0.25, 0.3) is 0 Å². The zero-order valence-corrected chi connectivity index (χ0v) is 34.9. The minimum atomic E-state index is 0.00470. The van der Waals surface area contributed by atoms with E-state index in [0.29, 0.717) is 61.6 Å². The Labute approximate surface area is 312 Å². The van der Waals surface area contributed by atoms with Crippen LogP contribution in [0.2, 0.25) is 0 Å². The second-order valence-corrected chi connectivity index (χ2v) is 17.7. The second kappa shape index (κ2) is 30.4. The molecule has 0 aliphatic carbocycles. The number of hydrogen-bond donors (Lipinski definition) is 0. The van der Waals surface area contributed by atoms with Crippen molar-refractivity contribution in [1.82, 2.24) is 4.90 Å². The van der Waals surface area contributed by atoms with E-state index in [1.165, 1.54) is 116 Å². The first-order valence-electron chi connectivity index (χ1n) is 22.0. The molecule has 0 N–H and O–H groups in total. The highest BCUT2D eigenvalue weighted by atomic mass is 16.5. The summed E-state index contributed by atoms with van der Waals surface area (Å²) in [5, 5.41) is 0. The third-order valence-electron chi connectivity index (χ3n) is 11.5. The number of likely N-dealkylation sites (tertiary alicyclic amines) is 1. The van der Waals surface area contributed by atoms with Gasteiger partial charge < -0.3 is 14.4 Å². The number of nitrogens with zero attached hydrogens (tertiary/aromatic N) is 1. The Balaban J connectivity index is 2.07. The van der Waals surface area contributed by atoms with Crippen molar-refractivity contribution in [2.45, 2.75) is 216 Å². The summed E-state index contributed by atoms with van der Waals surface area (Å²) in [6, 6.07) is 0.788. The number of hydrogen-bond acceptors (Lipinski definition) is 5. The van der Waals surface area contributed by atoms with Gasteiger partial charge in [0, 0.05) is 18.9 Å². The monoisotopic (exact) mass is 706 g/mol. The highest BCUT2D eigenvalue weighted by molar-refractivity contribution is 5.69. The summed E-state index contributed by atoms with van der Waals surface area (Å²) >= 11 is 0. The van der Waals surface area contributed by atoms with Gasteiger partial charge in [0.05, 0.1) is 13.2 Å². The van der Waals surface area contributed by atoms with Crippen LogP contribution in [-0.4, -0.2) is 49.2 Å². The van der Waals surface area contributed by atoms with Crippen LogP contribution in [0, 0.1) is 35.5 Å². The molecule has 0 amide bonds. The van der Waals surface area contributed by atoms with Crippen molar-refractivity contribution in [3.05, 3.63) is 0 Å². The van der Waals surface area contributed by atoms with Gasteiger partial charge in [-0.1, -0.05) is 145 Å². The number of esters is 2. The number of rotatable bonds is 33. The SMILES string of the molecule is CC(C)CCC(COC(=O)CCCCCCCCCC(CCCCCCCCCC(=O)OCC(CCC(C)C)C(C)C)N1CCCC1)C(C)C. The molecular formula is C45H87NO4. The van der Waals surface area contributed by atoms with Crippen molar-refractivity contribution in [2.24, 2.45) is 35.5 Å². The predicted octanol–water partition coefficient (Wildman–Crippen LogP) is 13.0. The maximum absolute atomic E-state index is 12.3. The lowest BCUT2D eigenvalue weighted by Crippen LogP contribution is -2.32. The Morgan fingerprint density at radius 2 is 0.800 bits per heavy atom. The van der Waals surface area contributed by atoms with E-state index >= 15 is 0 Å². The van der Waals surface area contributed by atoms with Crippen LogP contribution >= 0.6 is 0 Å². The summed E-state index contributed by atoms with van der Waals surface area (Å²) < 4.78 is 11.3. The van der Waals surface area contributed by atoms with E-state index in [1.54, 1.807) is 0 Å². The fourth-order valence-corrected chi connectivity index (χ4v) is 7.54. The van der Waals surface area contributed by atoms with Crippen molar-refractivity contribution in [1.29, 1.82) is 0 Å². The molecule has 5 heteroatoms. The minimum absolute atomic E-state index is 0.00470. The molecule has 0 aromatic rings. The first kappa shape index (κ1) is 46.9. The summed E-state index contributed by atoms with van der Waals surface area (Å²) in [5.74, 6) is 3.54. The molecule has 0 aromatic carbocycles. The molecule has 1 fully saturated rings. The lowest BCUT2D eigenvalue weighted by atomic mass is 9.89. The van der Waals surface area contributed by atoms with Gasteiger partial charge in [-0.3, -0.25) is 9.59 Å². The topological polar surface area (TPSA) is 55.8 Å². The molecule has 2 atom stereocenters. The van der Waals surface area contributed by atoms with Crippen molar-refractivity contribution in [2.75, 3.05) is 26.3 Å². The van der Waals surface area contributed by atoms with Gasteiger partial charge in [0.15, 0.2) is 0 Å². The van der Waals surface area contributed by atoms with E-state index in [-0.39, 0.29) is 11.9 Å². The standard InChI is InChI=1S/C45H87NO4/c1-37(2)29-31-41(39(5)6)35-49-44(47)27-21-17-13-9-11-15-19-25-43(46-33-23-24-34-46)26-20-16-12-10-14-18-22-28-45(48)50-36-42(40(7)8)32-30-38(3)4/h37-43H,9-36H2,1-8H3. The van der Waals surface area contributed by atoms with Gasteiger partial charge >= 0.3 is 11.9 Å². The molecule has 0 saturated carbocycles. The smallest absolute Gasteiger partial charge is 0.305 e. The molecule has 1 saturated heterocycles. The highest BCUT2D eigenvalue weighted by Gasteiger charge is 2.21. The Hall–Kier alpha value is -1.10.